The summed E-state index contributed by atoms with van der Waals surface area (Å²) in [4.78, 5) is 2.28. The van der Waals surface area contributed by atoms with E-state index in [2.05, 4.69) is 10.00 Å². The van der Waals surface area contributed by atoms with E-state index >= 15 is 0 Å². The molecular weight excluding hydrogens is 204 g/mol. The van der Waals surface area contributed by atoms with Crippen molar-refractivity contribution in [2.45, 2.75) is 19.9 Å². The van der Waals surface area contributed by atoms with Gasteiger partial charge in [0.15, 0.2) is 0 Å². The first-order valence-corrected chi connectivity index (χ1v) is 5.75. The zero-order valence-corrected chi connectivity index (χ0v) is 9.98. The summed E-state index contributed by atoms with van der Waals surface area (Å²) in [5.74, 6) is 1.51. The molecule has 0 spiro atoms. The Bertz CT molecular complexity index is 374. The summed E-state index contributed by atoms with van der Waals surface area (Å²) in [6.45, 7) is 4.67. The Morgan fingerprint density at radius 1 is 1.56 bits per heavy atom. The SMILES string of the molecule is Cc1nn(C)c(N2CCC(CO)C2)c1CN. The summed E-state index contributed by atoms with van der Waals surface area (Å²) in [5, 5.41) is 13.6. The van der Waals surface area contributed by atoms with Gasteiger partial charge < -0.3 is 15.7 Å². The van der Waals surface area contributed by atoms with Gasteiger partial charge in [-0.25, -0.2) is 0 Å². The van der Waals surface area contributed by atoms with Crippen molar-refractivity contribution in [1.82, 2.24) is 9.78 Å². The van der Waals surface area contributed by atoms with Gasteiger partial charge in [0.25, 0.3) is 0 Å². The lowest BCUT2D eigenvalue weighted by Gasteiger charge is -2.20. The molecule has 1 aromatic rings. The Morgan fingerprint density at radius 2 is 2.31 bits per heavy atom. The molecule has 5 heteroatoms. The molecule has 0 bridgehead atoms. The van der Waals surface area contributed by atoms with E-state index in [0.717, 1.165) is 36.6 Å². The molecule has 0 aromatic carbocycles. The van der Waals surface area contributed by atoms with Crippen LogP contribution in [0.4, 0.5) is 5.82 Å². The van der Waals surface area contributed by atoms with Gasteiger partial charge in [0.05, 0.1) is 5.69 Å². The van der Waals surface area contributed by atoms with Crippen LogP contribution < -0.4 is 10.6 Å². The number of aliphatic hydroxyl groups excluding tert-OH is 1. The fourth-order valence-corrected chi connectivity index (χ4v) is 2.50. The number of nitrogens with zero attached hydrogens (tertiary/aromatic N) is 3. The second-order valence-corrected chi connectivity index (χ2v) is 4.50. The fraction of sp³-hybridized carbons (Fsp3) is 0.727. The predicted octanol–water partition coefficient (Wildman–Crippen LogP) is 0.00582. The van der Waals surface area contributed by atoms with E-state index < -0.39 is 0 Å². The molecule has 3 N–H and O–H groups in total. The summed E-state index contributed by atoms with van der Waals surface area (Å²) in [6, 6.07) is 0. The molecule has 2 heterocycles. The molecule has 2 rings (SSSR count). The first-order valence-electron chi connectivity index (χ1n) is 5.75. The van der Waals surface area contributed by atoms with Gasteiger partial charge in [0, 0.05) is 44.8 Å². The lowest BCUT2D eigenvalue weighted by atomic mass is 10.1. The Hall–Kier alpha value is -1.07. The van der Waals surface area contributed by atoms with Crippen LogP contribution in [-0.4, -0.2) is 34.6 Å². The van der Waals surface area contributed by atoms with Crippen LogP contribution >= 0.6 is 0 Å². The van der Waals surface area contributed by atoms with Crippen LogP contribution in [0.25, 0.3) is 0 Å². The summed E-state index contributed by atoms with van der Waals surface area (Å²) in [5.41, 5.74) is 7.90. The number of hydrogen-bond acceptors (Lipinski definition) is 4. The normalized spacial score (nSPS) is 20.8. The number of rotatable bonds is 3. The minimum absolute atomic E-state index is 0.269. The Balaban J connectivity index is 2.27. The highest BCUT2D eigenvalue weighted by Crippen LogP contribution is 2.28. The third-order valence-corrected chi connectivity index (χ3v) is 3.36. The molecule has 0 amide bonds. The number of anilines is 1. The van der Waals surface area contributed by atoms with Crippen LogP contribution in [0, 0.1) is 12.8 Å². The molecule has 0 radical (unpaired) electrons. The lowest BCUT2D eigenvalue weighted by Crippen LogP contribution is -2.24. The number of aliphatic hydroxyl groups is 1. The van der Waals surface area contributed by atoms with E-state index in [-0.39, 0.29) is 6.61 Å². The molecule has 16 heavy (non-hydrogen) atoms. The maximum absolute atomic E-state index is 9.16. The first kappa shape index (κ1) is 11.4. The molecule has 1 aliphatic rings. The van der Waals surface area contributed by atoms with Crippen LogP contribution in [0.5, 0.6) is 0 Å². The Morgan fingerprint density at radius 3 is 2.88 bits per heavy atom. The van der Waals surface area contributed by atoms with Crippen LogP contribution in [-0.2, 0) is 13.6 Å². The van der Waals surface area contributed by atoms with Crippen molar-refractivity contribution in [3.8, 4) is 0 Å². The first-order chi connectivity index (χ1) is 7.67. The number of aromatic nitrogens is 2. The van der Waals surface area contributed by atoms with E-state index in [1.165, 1.54) is 0 Å². The van der Waals surface area contributed by atoms with Crippen molar-refractivity contribution in [1.29, 1.82) is 0 Å². The fourth-order valence-electron chi connectivity index (χ4n) is 2.50. The monoisotopic (exact) mass is 224 g/mol. The smallest absolute Gasteiger partial charge is 0.131 e. The van der Waals surface area contributed by atoms with E-state index in [9.17, 15) is 0 Å². The van der Waals surface area contributed by atoms with Gasteiger partial charge in [0.1, 0.15) is 5.82 Å². The third-order valence-electron chi connectivity index (χ3n) is 3.36. The largest absolute Gasteiger partial charge is 0.396 e. The zero-order chi connectivity index (χ0) is 11.7. The van der Waals surface area contributed by atoms with Crippen molar-refractivity contribution in [2.75, 3.05) is 24.6 Å². The highest BCUT2D eigenvalue weighted by molar-refractivity contribution is 5.50. The second kappa shape index (κ2) is 4.43. The van der Waals surface area contributed by atoms with Gasteiger partial charge >= 0.3 is 0 Å². The van der Waals surface area contributed by atoms with Crippen LogP contribution in [0.1, 0.15) is 17.7 Å². The Kier molecular flexibility index (Phi) is 3.16. The average Bonchev–Trinajstić information content (AvgIpc) is 2.82. The second-order valence-electron chi connectivity index (χ2n) is 4.50. The van der Waals surface area contributed by atoms with Crippen molar-refractivity contribution >= 4 is 5.82 Å². The van der Waals surface area contributed by atoms with Gasteiger partial charge in [-0.05, 0) is 13.3 Å². The van der Waals surface area contributed by atoms with Gasteiger partial charge in [-0.15, -0.1) is 0 Å². The summed E-state index contributed by atoms with van der Waals surface area (Å²) >= 11 is 0. The molecule has 5 nitrogen and oxygen atoms in total. The third kappa shape index (κ3) is 1.81. The van der Waals surface area contributed by atoms with Gasteiger partial charge in [-0.2, -0.15) is 5.10 Å². The van der Waals surface area contributed by atoms with Crippen LogP contribution in [0.15, 0.2) is 0 Å². The van der Waals surface area contributed by atoms with E-state index in [4.69, 9.17) is 10.8 Å². The number of hydrogen-bond donors (Lipinski definition) is 2. The number of aryl methyl sites for hydroxylation is 2. The lowest BCUT2D eigenvalue weighted by molar-refractivity contribution is 0.238. The van der Waals surface area contributed by atoms with E-state index in [1.54, 1.807) is 0 Å². The molecule has 1 saturated heterocycles. The van der Waals surface area contributed by atoms with Crippen LogP contribution in [0.3, 0.4) is 0 Å². The van der Waals surface area contributed by atoms with Gasteiger partial charge in [0.2, 0.25) is 0 Å². The molecule has 1 atom stereocenters. The molecule has 1 fully saturated rings. The minimum atomic E-state index is 0.269. The van der Waals surface area contributed by atoms with Crippen molar-refractivity contribution < 1.29 is 5.11 Å². The molecule has 0 saturated carbocycles. The van der Waals surface area contributed by atoms with E-state index in [1.807, 2.05) is 18.7 Å². The summed E-state index contributed by atoms with van der Waals surface area (Å²) < 4.78 is 1.90. The molecular formula is C11H20N4O. The molecule has 1 aliphatic heterocycles. The maximum Gasteiger partial charge on any atom is 0.131 e. The molecule has 1 unspecified atom stereocenters. The highest BCUT2D eigenvalue weighted by Gasteiger charge is 2.26. The topological polar surface area (TPSA) is 67.3 Å². The Labute approximate surface area is 95.8 Å². The summed E-state index contributed by atoms with van der Waals surface area (Å²) in [6.07, 6.45) is 1.05. The molecule has 0 aliphatic carbocycles. The molecule has 1 aromatic heterocycles. The van der Waals surface area contributed by atoms with Crippen LogP contribution in [0.2, 0.25) is 0 Å². The van der Waals surface area contributed by atoms with Gasteiger partial charge in [-0.1, -0.05) is 0 Å². The van der Waals surface area contributed by atoms with Crippen molar-refractivity contribution in [3.05, 3.63) is 11.3 Å². The van der Waals surface area contributed by atoms with Crippen molar-refractivity contribution in [2.24, 2.45) is 18.7 Å². The van der Waals surface area contributed by atoms with Crippen molar-refractivity contribution in [3.63, 3.8) is 0 Å². The predicted molar refractivity (Wildman–Crippen MR) is 63.2 cm³/mol. The highest BCUT2D eigenvalue weighted by atomic mass is 16.3. The maximum atomic E-state index is 9.16. The standard InChI is InChI=1S/C11H20N4O/c1-8-10(5-12)11(14(2)13-8)15-4-3-9(6-15)7-16/h9,16H,3-7,12H2,1-2H3. The van der Waals surface area contributed by atoms with Gasteiger partial charge in [-0.3, -0.25) is 4.68 Å². The zero-order valence-electron chi connectivity index (χ0n) is 9.98. The van der Waals surface area contributed by atoms with E-state index in [0.29, 0.717) is 12.5 Å². The molecule has 90 valence electrons. The number of nitrogens with two attached hydrogens (primary N) is 1. The average molecular weight is 224 g/mol. The summed E-state index contributed by atoms with van der Waals surface area (Å²) in [7, 11) is 1.95. The minimum Gasteiger partial charge on any atom is -0.396 e. The quantitative estimate of drug-likeness (QED) is 0.758.